The van der Waals surface area contributed by atoms with Gasteiger partial charge in [0.05, 0.1) is 11.1 Å². The Hall–Kier alpha value is -2.25. The molecule has 0 aliphatic carbocycles. The molecule has 2 aromatic carbocycles. The zero-order chi connectivity index (χ0) is 17.8. The van der Waals surface area contributed by atoms with Crippen LogP contribution >= 0.6 is 23.5 Å². The first-order chi connectivity index (χ1) is 12.8. The first-order valence-electron chi connectivity index (χ1n) is 8.37. The van der Waals surface area contributed by atoms with E-state index in [1.54, 1.807) is 6.33 Å². The van der Waals surface area contributed by atoms with Crippen LogP contribution in [0.4, 0.5) is 0 Å². The van der Waals surface area contributed by atoms with Crippen molar-refractivity contribution in [2.45, 2.75) is 11.1 Å². The van der Waals surface area contributed by atoms with E-state index in [2.05, 4.69) is 27.6 Å². The van der Waals surface area contributed by atoms with Gasteiger partial charge in [-0.05, 0) is 29.8 Å². The van der Waals surface area contributed by atoms with Gasteiger partial charge in [-0.25, -0.2) is 0 Å². The molecule has 1 N–H and O–H groups in total. The molecule has 2 heterocycles. The van der Waals surface area contributed by atoms with E-state index in [0.717, 1.165) is 5.69 Å². The van der Waals surface area contributed by atoms with Gasteiger partial charge in [0.15, 0.2) is 5.82 Å². The van der Waals surface area contributed by atoms with Crippen molar-refractivity contribution in [1.29, 1.82) is 0 Å². The van der Waals surface area contributed by atoms with Crippen LogP contribution in [0, 0.1) is 0 Å². The van der Waals surface area contributed by atoms with Crippen LogP contribution in [0.15, 0.2) is 60.9 Å². The molecule has 0 radical (unpaired) electrons. The van der Waals surface area contributed by atoms with Gasteiger partial charge in [-0.15, -0.1) is 33.7 Å². The van der Waals surface area contributed by atoms with Crippen LogP contribution in [0.5, 0.6) is 0 Å². The highest BCUT2D eigenvalue weighted by Crippen LogP contribution is 2.45. The number of para-hydroxylation sites is 1. The summed E-state index contributed by atoms with van der Waals surface area (Å²) in [5.41, 5.74) is 2.91. The van der Waals surface area contributed by atoms with Crippen molar-refractivity contribution in [3.05, 3.63) is 77.9 Å². The Morgan fingerprint density at radius 1 is 1.08 bits per heavy atom. The van der Waals surface area contributed by atoms with Gasteiger partial charge in [-0.3, -0.25) is 9.36 Å². The standard InChI is InChI=1S/C19H18N4OS2/c24-18(14-6-8-15(9-7-14)19-25-10-11-26-19)20-12-17-22-21-13-23(17)16-4-2-1-3-5-16/h1-9,13,19H,10-12H2,(H,20,24). The molecule has 1 amide bonds. The third kappa shape index (κ3) is 3.78. The van der Waals surface area contributed by atoms with Crippen molar-refractivity contribution in [2.24, 2.45) is 0 Å². The molecular weight excluding hydrogens is 364 g/mol. The van der Waals surface area contributed by atoms with E-state index in [1.807, 2.05) is 70.6 Å². The topological polar surface area (TPSA) is 59.8 Å². The molecule has 0 atom stereocenters. The highest BCUT2D eigenvalue weighted by atomic mass is 32.2. The van der Waals surface area contributed by atoms with E-state index in [0.29, 0.717) is 22.5 Å². The molecule has 7 heteroatoms. The maximum atomic E-state index is 12.4. The number of hydrogen-bond acceptors (Lipinski definition) is 5. The molecule has 1 aliphatic heterocycles. The maximum absolute atomic E-state index is 12.4. The summed E-state index contributed by atoms with van der Waals surface area (Å²) in [4.78, 5) is 12.4. The second-order valence-electron chi connectivity index (χ2n) is 5.83. The zero-order valence-corrected chi connectivity index (χ0v) is 15.7. The zero-order valence-electron chi connectivity index (χ0n) is 14.0. The molecule has 0 bridgehead atoms. The van der Waals surface area contributed by atoms with Gasteiger partial charge in [-0.2, -0.15) is 0 Å². The van der Waals surface area contributed by atoms with Crippen LogP contribution in [0.1, 0.15) is 26.3 Å². The summed E-state index contributed by atoms with van der Waals surface area (Å²) < 4.78 is 2.37. The molecule has 1 fully saturated rings. The van der Waals surface area contributed by atoms with Gasteiger partial charge in [0, 0.05) is 22.8 Å². The number of nitrogens with one attached hydrogen (secondary N) is 1. The predicted octanol–water partition coefficient (Wildman–Crippen LogP) is 3.68. The Labute approximate surface area is 160 Å². The SMILES string of the molecule is O=C(NCc1nncn1-c1ccccc1)c1ccc(C2SCCS2)cc1. The van der Waals surface area contributed by atoms with E-state index < -0.39 is 0 Å². The molecule has 0 unspecified atom stereocenters. The van der Waals surface area contributed by atoms with Crippen molar-refractivity contribution in [2.75, 3.05) is 11.5 Å². The van der Waals surface area contributed by atoms with E-state index in [1.165, 1.54) is 17.1 Å². The molecule has 1 aliphatic rings. The Balaban J connectivity index is 1.41. The molecule has 1 aromatic heterocycles. The molecular formula is C19H18N4OS2. The third-order valence-corrected chi connectivity index (χ3v) is 7.23. The largest absolute Gasteiger partial charge is 0.345 e. The first-order valence-corrected chi connectivity index (χ1v) is 10.5. The Morgan fingerprint density at radius 3 is 2.54 bits per heavy atom. The number of nitrogens with zero attached hydrogens (tertiary/aromatic N) is 3. The highest BCUT2D eigenvalue weighted by molar-refractivity contribution is 8.19. The maximum Gasteiger partial charge on any atom is 0.251 e. The average Bonchev–Trinajstić information content (AvgIpc) is 3.39. The Bertz CT molecular complexity index is 874. The number of carbonyl (C=O) groups is 1. The summed E-state index contributed by atoms with van der Waals surface area (Å²) in [6.45, 7) is 0.323. The quantitative estimate of drug-likeness (QED) is 0.729. The lowest BCUT2D eigenvalue weighted by Gasteiger charge is -2.10. The molecule has 132 valence electrons. The number of benzene rings is 2. The second kappa shape index (κ2) is 7.97. The molecule has 26 heavy (non-hydrogen) atoms. The fourth-order valence-corrected chi connectivity index (χ4v) is 5.65. The third-order valence-electron chi connectivity index (χ3n) is 4.13. The summed E-state index contributed by atoms with van der Waals surface area (Å²) in [6, 6.07) is 17.7. The molecule has 0 saturated carbocycles. The number of thioether (sulfide) groups is 2. The summed E-state index contributed by atoms with van der Waals surface area (Å²) in [5.74, 6) is 2.98. The summed E-state index contributed by atoms with van der Waals surface area (Å²) in [7, 11) is 0. The fraction of sp³-hybridized carbons (Fsp3) is 0.211. The van der Waals surface area contributed by atoms with E-state index in [4.69, 9.17) is 0 Å². The summed E-state index contributed by atoms with van der Waals surface area (Å²) in [6.07, 6.45) is 1.66. The second-order valence-corrected chi connectivity index (χ2v) is 8.56. The van der Waals surface area contributed by atoms with Gasteiger partial charge in [-0.1, -0.05) is 30.3 Å². The highest BCUT2D eigenvalue weighted by Gasteiger charge is 2.18. The van der Waals surface area contributed by atoms with Crippen LogP contribution in [-0.2, 0) is 6.54 Å². The number of carbonyl (C=O) groups excluding carboxylic acids is 1. The van der Waals surface area contributed by atoms with E-state index in [-0.39, 0.29) is 5.91 Å². The lowest BCUT2D eigenvalue weighted by molar-refractivity contribution is 0.0949. The summed E-state index contributed by atoms with van der Waals surface area (Å²) in [5, 5.41) is 11.0. The molecule has 3 aromatic rings. The van der Waals surface area contributed by atoms with Crippen molar-refractivity contribution >= 4 is 29.4 Å². The van der Waals surface area contributed by atoms with Crippen molar-refractivity contribution in [3.63, 3.8) is 0 Å². The fourth-order valence-electron chi connectivity index (χ4n) is 2.79. The number of hydrogen-bond donors (Lipinski definition) is 1. The lowest BCUT2D eigenvalue weighted by atomic mass is 10.1. The van der Waals surface area contributed by atoms with Crippen molar-refractivity contribution in [3.8, 4) is 5.69 Å². The van der Waals surface area contributed by atoms with Gasteiger partial charge in [0.2, 0.25) is 0 Å². The predicted molar refractivity (Wildman–Crippen MR) is 107 cm³/mol. The van der Waals surface area contributed by atoms with Crippen LogP contribution in [-0.4, -0.2) is 32.2 Å². The number of amides is 1. The minimum Gasteiger partial charge on any atom is -0.345 e. The van der Waals surface area contributed by atoms with Crippen molar-refractivity contribution in [1.82, 2.24) is 20.1 Å². The van der Waals surface area contributed by atoms with E-state index >= 15 is 0 Å². The van der Waals surface area contributed by atoms with E-state index in [9.17, 15) is 4.79 Å². The van der Waals surface area contributed by atoms with Crippen LogP contribution in [0.3, 0.4) is 0 Å². The van der Waals surface area contributed by atoms with Crippen molar-refractivity contribution < 1.29 is 4.79 Å². The molecule has 1 saturated heterocycles. The molecule has 4 rings (SSSR count). The van der Waals surface area contributed by atoms with Crippen LogP contribution in [0.2, 0.25) is 0 Å². The Kier molecular flexibility index (Phi) is 5.26. The monoisotopic (exact) mass is 382 g/mol. The molecule has 0 spiro atoms. The lowest BCUT2D eigenvalue weighted by Crippen LogP contribution is -2.24. The number of rotatable bonds is 5. The smallest absolute Gasteiger partial charge is 0.251 e. The Morgan fingerprint density at radius 2 is 1.81 bits per heavy atom. The first kappa shape index (κ1) is 17.2. The summed E-state index contributed by atoms with van der Waals surface area (Å²) >= 11 is 3.92. The van der Waals surface area contributed by atoms with Crippen LogP contribution < -0.4 is 5.32 Å². The van der Waals surface area contributed by atoms with Gasteiger partial charge < -0.3 is 5.32 Å². The average molecular weight is 383 g/mol. The van der Waals surface area contributed by atoms with Gasteiger partial charge in [0.1, 0.15) is 6.33 Å². The molecule has 5 nitrogen and oxygen atoms in total. The van der Waals surface area contributed by atoms with Crippen LogP contribution in [0.25, 0.3) is 5.69 Å². The van der Waals surface area contributed by atoms with Gasteiger partial charge in [0.25, 0.3) is 5.91 Å². The normalized spacial score (nSPS) is 14.5. The minimum absolute atomic E-state index is 0.106. The van der Waals surface area contributed by atoms with Gasteiger partial charge >= 0.3 is 0 Å². The number of aromatic nitrogens is 3. The minimum atomic E-state index is -0.106.